The molecule has 4 heteroatoms. The normalized spacial score (nSPS) is 10.3. The second-order valence-corrected chi connectivity index (χ2v) is 4.91. The molecule has 18 heavy (non-hydrogen) atoms. The Hall–Kier alpha value is -1.68. The van der Waals surface area contributed by atoms with Crippen LogP contribution >= 0.6 is 11.3 Å². The summed E-state index contributed by atoms with van der Waals surface area (Å²) in [5, 5.41) is 2.00. The summed E-state index contributed by atoms with van der Waals surface area (Å²) >= 11 is 1.65. The van der Waals surface area contributed by atoms with E-state index in [1.54, 1.807) is 11.3 Å². The average Bonchev–Trinajstić information content (AvgIpc) is 2.82. The van der Waals surface area contributed by atoms with Crippen LogP contribution in [0.5, 0.6) is 5.75 Å². The van der Waals surface area contributed by atoms with Gasteiger partial charge in [0.15, 0.2) is 5.78 Å². The minimum atomic E-state index is -0.397. The highest BCUT2D eigenvalue weighted by Crippen LogP contribution is 2.21. The molecule has 2 nitrogen and oxygen atoms in total. The number of benzene rings is 1. The van der Waals surface area contributed by atoms with E-state index >= 15 is 0 Å². The fraction of sp³-hybridized carbons (Fsp3) is 0.214. The van der Waals surface area contributed by atoms with Gasteiger partial charge in [0.2, 0.25) is 0 Å². The van der Waals surface area contributed by atoms with Crippen molar-refractivity contribution in [2.24, 2.45) is 0 Å². The summed E-state index contributed by atoms with van der Waals surface area (Å²) in [5.74, 6) is -0.202. The highest BCUT2D eigenvalue weighted by Gasteiger charge is 2.09. The third kappa shape index (κ3) is 3.17. The van der Waals surface area contributed by atoms with E-state index in [9.17, 15) is 9.18 Å². The molecule has 1 aromatic heterocycles. The molecule has 0 aliphatic carbocycles. The quantitative estimate of drug-likeness (QED) is 0.769. The lowest BCUT2D eigenvalue weighted by Gasteiger charge is -2.09. The van der Waals surface area contributed by atoms with Gasteiger partial charge in [0, 0.05) is 17.4 Å². The Morgan fingerprint density at radius 3 is 2.89 bits per heavy atom. The molecule has 1 heterocycles. The average molecular weight is 264 g/mol. The summed E-state index contributed by atoms with van der Waals surface area (Å²) in [6.45, 7) is 1.88. The van der Waals surface area contributed by atoms with Crippen molar-refractivity contribution in [3.05, 3.63) is 52.0 Å². The van der Waals surface area contributed by atoms with Crippen molar-refractivity contribution in [2.75, 3.05) is 6.61 Å². The number of ether oxygens (including phenoxy) is 1. The largest absolute Gasteiger partial charge is 0.492 e. The molecule has 0 saturated heterocycles. The molecule has 0 spiro atoms. The third-order valence-corrected chi connectivity index (χ3v) is 3.45. The third-order valence-electron chi connectivity index (χ3n) is 2.51. The molecule has 1 aromatic carbocycles. The number of halogens is 1. The summed E-state index contributed by atoms with van der Waals surface area (Å²) in [6, 6.07) is 7.97. The van der Waals surface area contributed by atoms with Crippen LogP contribution < -0.4 is 4.74 Å². The van der Waals surface area contributed by atoms with E-state index in [1.807, 2.05) is 17.5 Å². The number of ketones is 1. The van der Waals surface area contributed by atoms with Gasteiger partial charge in [-0.25, -0.2) is 4.39 Å². The van der Waals surface area contributed by atoms with Crippen molar-refractivity contribution in [1.29, 1.82) is 0 Å². The Kier molecular flexibility index (Phi) is 4.10. The van der Waals surface area contributed by atoms with Gasteiger partial charge in [0.05, 0.1) is 12.2 Å². The second kappa shape index (κ2) is 5.78. The van der Waals surface area contributed by atoms with Crippen LogP contribution in [0.4, 0.5) is 4.39 Å². The Labute approximate surface area is 109 Å². The monoisotopic (exact) mass is 264 g/mol. The number of carbonyl (C=O) groups is 1. The predicted molar refractivity (Wildman–Crippen MR) is 69.9 cm³/mol. The molecule has 0 bridgehead atoms. The minimum absolute atomic E-state index is 0.124. The van der Waals surface area contributed by atoms with Crippen LogP contribution in [-0.2, 0) is 6.42 Å². The van der Waals surface area contributed by atoms with Gasteiger partial charge in [0.1, 0.15) is 11.6 Å². The van der Waals surface area contributed by atoms with Gasteiger partial charge in [-0.1, -0.05) is 6.07 Å². The number of thiophene rings is 1. The van der Waals surface area contributed by atoms with Crippen LogP contribution in [0.3, 0.4) is 0 Å². The summed E-state index contributed by atoms with van der Waals surface area (Å²) in [6.07, 6.45) is 0.755. The van der Waals surface area contributed by atoms with Gasteiger partial charge < -0.3 is 4.74 Å². The predicted octanol–water partition coefficient (Wildman–Crippen LogP) is 3.71. The minimum Gasteiger partial charge on any atom is -0.492 e. The van der Waals surface area contributed by atoms with E-state index in [2.05, 4.69) is 0 Å². The molecule has 0 aliphatic heterocycles. The number of Topliss-reactive ketones (excluding diaryl/α,β-unsaturated/α-hetero) is 1. The van der Waals surface area contributed by atoms with Crippen molar-refractivity contribution < 1.29 is 13.9 Å². The zero-order chi connectivity index (χ0) is 13.0. The molecule has 2 aromatic rings. The molecule has 0 saturated carbocycles. The first-order valence-electron chi connectivity index (χ1n) is 5.62. The standard InChI is InChI=1S/C14H13FO2S/c1-10(16)13-5-4-11(15)9-14(13)17-7-6-12-3-2-8-18-12/h2-5,8-9H,6-7H2,1H3. The van der Waals surface area contributed by atoms with Gasteiger partial charge in [0.25, 0.3) is 0 Å². The number of carbonyl (C=O) groups excluding carboxylic acids is 1. The molecule has 2 rings (SSSR count). The fourth-order valence-corrected chi connectivity index (χ4v) is 2.31. The lowest BCUT2D eigenvalue weighted by molar-refractivity contribution is 0.101. The number of rotatable bonds is 5. The lowest BCUT2D eigenvalue weighted by Crippen LogP contribution is -2.05. The molecule has 0 unspecified atom stereocenters. The molecule has 0 radical (unpaired) electrons. The maximum Gasteiger partial charge on any atom is 0.163 e. The first-order valence-corrected chi connectivity index (χ1v) is 6.50. The molecular weight excluding hydrogens is 251 g/mol. The molecule has 0 fully saturated rings. The van der Waals surface area contributed by atoms with Crippen LogP contribution in [-0.4, -0.2) is 12.4 Å². The van der Waals surface area contributed by atoms with Crippen molar-refractivity contribution in [2.45, 2.75) is 13.3 Å². The first-order chi connectivity index (χ1) is 8.66. The summed E-state index contributed by atoms with van der Waals surface area (Å²) in [4.78, 5) is 12.6. The fourth-order valence-electron chi connectivity index (χ4n) is 1.62. The highest BCUT2D eigenvalue weighted by molar-refractivity contribution is 7.09. The van der Waals surface area contributed by atoms with Crippen LogP contribution in [0.2, 0.25) is 0 Å². The van der Waals surface area contributed by atoms with E-state index in [1.165, 1.54) is 30.0 Å². The zero-order valence-corrected chi connectivity index (χ0v) is 10.8. The van der Waals surface area contributed by atoms with Crippen molar-refractivity contribution in [1.82, 2.24) is 0 Å². The van der Waals surface area contributed by atoms with Gasteiger partial charge in [-0.2, -0.15) is 0 Å². The smallest absolute Gasteiger partial charge is 0.163 e. The summed E-state index contributed by atoms with van der Waals surface area (Å²) in [5.41, 5.74) is 0.419. The van der Waals surface area contributed by atoms with Crippen LogP contribution in [0.1, 0.15) is 22.2 Å². The second-order valence-electron chi connectivity index (χ2n) is 3.87. The number of hydrogen-bond acceptors (Lipinski definition) is 3. The SMILES string of the molecule is CC(=O)c1ccc(F)cc1OCCc1cccs1. The Balaban J connectivity index is 2.03. The molecule has 0 amide bonds. The molecule has 0 atom stereocenters. The zero-order valence-electron chi connectivity index (χ0n) is 9.98. The Bertz CT molecular complexity index is 535. The van der Waals surface area contributed by atoms with Crippen molar-refractivity contribution in [3.63, 3.8) is 0 Å². The molecule has 0 aliphatic rings. The van der Waals surface area contributed by atoms with Gasteiger partial charge in [-0.15, -0.1) is 11.3 Å². The topological polar surface area (TPSA) is 26.3 Å². The van der Waals surface area contributed by atoms with Crippen LogP contribution in [0.15, 0.2) is 35.7 Å². The highest BCUT2D eigenvalue weighted by atomic mass is 32.1. The van der Waals surface area contributed by atoms with Gasteiger partial charge >= 0.3 is 0 Å². The van der Waals surface area contributed by atoms with E-state index in [0.29, 0.717) is 17.9 Å². The van der Waals surface area contributed by atoms with Crippen molar-refractivity contribution >= 4 is 17.1 Å². The van der Waals surface area contributed by atoms with Crippen LogP contribution in [0.25, 0.3) is 0 Å². The first kappa shape index (κ1) is 12.8. The maximum absolute atomic E-state index is 13.1. The lowest BCUT2D eigenvalue weighted by atomic mass is 10.1. The molecule has 94 valence electrons. The van der Waals surface area contributed by atoms with Gasteiger partial charge in [-0.05, 0) is 30.5 Å². The summed E-state index contributed by atoms with van der Waals surface area (Å²) in [7, 11) is 0. The van der Waals surface area contributed by atoms with Crippen molar-refractivity contribution in [3.8, 4) is 5.75 Å². The van der Waals surface area contributed by atoms with E-state index in [4.69, 9.17) is 4.74 Å². The molecular formula is C14H13FO2S. The van der Waals surface area contributed by atoms with E-state index in [-0.39, 0.29) is 5.78 Å². The van der Waals surface area contributed by atoms with E-state index < -0.39 is 5.82 Å². The Morgan fingerprint density at radius 1 is 1.39 bits per heavy atom. The van der Waals surface area contributed by atoms with E-state index in [0.717, 1.165) is 6.42 Å². The van der Waals surface area contributed by atoms with Crippen LogP contribution in [0, 0.1) is 5.82 Å². The molecule has 0 N–H and O–H groups in total. The summed E-state index contributed by atoms with van der Waals surface area (Å²) < 4.78 is 18.6. The number of hydrogen-bond donors (Lipinski definition) is 0. The maximum atomic E-state index is 13.1. The van der Waals surface area contributed by atoms with Gasteiger partial charge in [-0.3, -0.25) is 4.79 Å². The Morgan fingerprint density at radius 2 is 2.22 bits per heavy atom.